The van der Waals surface area contributed by atoms with E-state index in [-0.39, 0.29) is 0 Å². The summed E-state index contributed by atoms with van der Waals surface area (Å²) in [4.78, 5) is 0. The van der Waals surface area contributed by atoms with Crippen LogP contribution in [0.25, 0.3) is 0 Å². The molecule has 0 radical (unpaired) electrons. The zero-order chi connectivity index (χ0) is 6.91. The fourth-order valence-corrected chi connectivity index (χ4v) is 1.78. The molecule has 1 aromatic rings. The Bertz CT molecular complexity index is 175. The van der Waals surface area contributed by atoms with Crippen LogP contribution >= 0.6 is 11.1 Å². The van der Waals surface area contributed by atoms with Crippen molar-refractivity contribution in [2.45, 2.75) is 13.1 Å². The molecule has 1 rings (SSSR count). The first kappa shape index (κ1) is 6.90. The minimum atomic E-state index is -1.68. The maximum atomic E-state index is 6.05. The molecule has 0 aliphatic rings. The molecule has 0 bridgehead atoms. The highest BCUT2D eigenvalue weighted by atomic mass is 35.6. The summed E-state index contributed by atoms with van der Waals surface area (Å²) in [6.45, 7) is 4.07. The lowest BCUT2D eigenvalue weighted by Gasteiger charge is -2.06. The molecule has 3 heteroatoms. The van der Waals surface area contributed by atoms with Gasteiger partial charge in [0.05, 0.1) is 11.6 Å². The molecular weight excluding hydrogens is 152 g/mol. The molecule has 0 saturated heterocycles. The van der Waals surface area contributed by atoms with Crippen molar-refractivity contribution < 1.29 is 4.42 Å². The van der Waals surface area contributed by atoms with Crippen LogP contribution in [0.4, 0.5) is 0 Å². The topological polar surface area (TPSA) is 13.1 Å². The van der Waals surface area contributed by atoms with Crippen LogP contribution in [0.2, 0.25) is 13.1 Å². The van der Waals surface area contributed by atoms with Crippen molar-refractivity contribution in [2.75, 3.05) is 0 Å². The monoisotopic (exact) mass is 160 g/mol. The lowest BCUT2D eigenvalue weighted by atomic mass is 10.7. The van der Waals surface area contributed by atoms with Gasteiger partial charge in [0.25, 0.3) is 0 Å². The van der Waals surface area contributed by atoms with Crippen molar-refractivity contribution in [1.29, 1.82) is 0 Å². The first-order chi connectivity index (χ1) is 4.11. The molecule has 9 heavy (non-hydrogen) atoms. The molecule has 0 amide bonds. The normalized spacial score (nSPS) is 11.9. The Balaban J connectivity index is 2.90. The van der Waals surface area contributed by atoms with Crippen molar-refractivity contribution in [1.82, 2.24) is 0 Å². The summed E-state index contributed by atoms with van der Waals surface area (Å²) in [5, 5.41) is 0.948. The van der Waals surface area contributed by atoms with Crippen molar-refractivity contribution in [3.8, 4) is 0 Å². The molecule has 0 unspecified atom stereocenters. The van der Waals surface area contributed by atoms with Crippen LogP contribution in [-0.4, -0.2) is 7.38 Å². The van der Waals surface area contributed by atoms with Gasteiger partial charge in [0.2, 0.25) is 7.38 Å². The third kappa shape index (κ3) is 1.59. The molecule has 0 spiro atoms. The van der Waals surface area contributed by atoms with Crippen LogP contribution in [-0.2, 0) is 0 Å². The van der Waals surface area contributed by atoms with E-state index in [9.17, 15) is 0 Å². The van der Waals surface area contributed by atoms with Gasteiger partial charge in [-0.05, 0) is 25.2 Å². The average Bonchev–Trinajstić information content (AvgIpc) is 2.08. The van der Waals surface area contributed by atoms with E-state index >= 15 is 0 Å². The summed E-state index contributed by atoms with van der Waals surface area (Å²) in [6, 6.07) is 3.80. The number of hydrogen-bond acceptors (Lipinski definition) is 1. The van der Waals surface area contributed by atoms with E-state index in [1.54, 1.807) is 6.26 Å². The maximum Gasteiger partial charge on any atom is 0.223 e. The highest BCUT2D eigenvalue weighted by Crippen LogP contribution is 2.07. The maximum absolute atomic E-state index is 6.05. The Labute approximate surface area is 60.3 Å². The molecule has 0 N–H and O–H groups in total. The molecule has 1 aromatic heterocycles. The Kier molecular flexibility index (Phi) is 1.68. The van der Waals surface area contributed by atoms with Crippen LogP contribution in [0.15, 0.2) is 22.8 Å². The summed E-state index contributed by atoms with van der Waals surface area (Å²) in [6.07, 6.45) is 1.66. The lowest BCUT2D eigenvalue weighted by molar-refractivity contribution is 0.599. The van der Waals surface area contributed by atoms with Crippen LogP contribution in [0.1, 0.15) is 0 Å². The second-order valence-electron chi connectivity index (χ2n) is 2.45. The molecular formula is C6H9ClOSi. The van der Waals surface area contributed by atoms with Crippen molar-refractivity contribution in [3.63, 3.8) is 0 Å². The zero-order valence-electron chi connectivity index (χ0n) is 5.52. The Morgan fingerprint density at radius 1 is 1.56 bits per heavy atom. The molecule has 0 aromatic carbocycles. The largest absolute Gasteiger partial charge is 0.473 e. The van der Waals surface area contributed by atoms with Crippen molar-refractivity contribution in [2.24, 2.45) is 0 Å². The van der Waals surface area contributed by atoms with Crippen LogP contribution in [0, 0.1) is 0 Å². The van der Waals surface area contributed by atoms with Gasteiger partial charge in [-0.15, -0.1) is 0 Å². The first-order valence-corrected chi connectivity index (χ1v) is 6.85. The summed E-state index contributed by atoms with van der Waals surface area (Å²) >= 11 is 6.05. The Morgan fingerprint density at radius 2 is 2.22 bits per heavy atom. The van der Waals surface area contributed by atoms with Crippen LogP contribution in [0.3, 0.4) is 0 Å². The van der Waals surface area contributed by atoms with Crippen molar-refractivity contribution >= 4 is 23.8 Å². The predicted octanol–water partition coefficient (Wildman–Crippen LogP) is 1.93. The van der Waals surface area contributed by atoms with Gasteiger partial charge in [-0.25, -0.2) is 0 Å². The van der Waals surface area contributed by atoms with E-state index in [0.29, 0.717) is 0 Å². The van der Waals surface area contributed by atoms with Gasteiger partial charge in [0.15, 0.2) is 0 Å². The van der Waals surface area contributed by atoms with E-state index in [2.05, 4.69) is 0 Å². The first-order valence-electron chi connectivity index (χ1n) is 2.83. The fourth-order valence-electron chi connectivity index (χ4n) is 0.617. The third-order valence-corrected chi connectivity index (χ3v) is 3.12. The molecule has 0 atom stereocenters. The third-order valence-electron chi connectivity index (χ3n) is 1.11. The van der Waals surface area contributed by atoms with Gasteiger partial charge in [-0.1, -0.05) is 0 Å². The van der Waals surface area contributed by atoms with Gasteiger partial charge in [-0.2, -0.15) is 11.1 Å². The molecule has 0 fully saturated rings. The summed E-state index contributed by atoms with van der Waals surface area (Å²) in [5.74, 6) is 0. The molecule has 0 saturated carbocycles. The Hall–Kier alpha value is -0.213. The molecule has 0 aliphatic heterocycles. The summed E-state index contributed by atoms with van der Waals surface area (Å²) in [7, 11) is -1.68. The van der Waals surface area contributed by atoms with Crippen LogP contribution < -0.4 is 5.38 Å². The highest BCUT2D eigenvalue weighted by Gasteiger charge is 2.22. The summed E-state index contributed by atoms with van der Waals surface area (Å²) in [5.41, 5.74) is 0. The van der Waals surface area contributed by atoms with Gasteiger partial charge in [-0.3, -0.25) is 0 Å². The highest BCUT2D eigenvalue weighted by molar-refractivity contribution is 7.25. The van der Waals surface area contributed by atoms with E-state index < -0.39 is 7.38 Å². The second-order valence-corrected chi connectivity index (χ2v) is 8.72. The number of furan rings is 1. The average molecular weight is 161 g/mol. The molecule has 50 valence electrons. The van der Waals surface area contributed by atoms with Crippen LogP contribution in [0.5, 0.6) is 0 Å². The van der Waals surface area contributed by atoms with E-state index in [1.165, 1.54) is 0 Å². The smallest absolute Gasteiger partial charge is 0.223 e. The fraction of sp³-hybridized carbons (Fsp3) is 0.333. The Morgan fingerprint density at radius 3 is 2.44 bits per heavy atom. The van der Waals surface area contributed by atoms with Gasteiger partial charge >= 0.3 is 0 Å². The standard InChI is InChI=1S/C6H9ClOSi/c1-9(2,7)6-4-3-5-8-6/h3-5H,1-2H3. The molecule has 1 heterocycles. The number of hydrogen-bond donors (Lipinski definition) is 0. The molecule has 0 aliphatic carbocycles. The number of halogens is 1. The summed E-state index contributed by atoms with van der Waals surface area (Å²) < 4.78 is 5.13. The van der Waals surface area contributed by atoms with E-state index in [4.69, 9.17) is 15.5 Å². The van der Waals surface area contributed by atoms with Gasteiger partial charge < -0.3 is 4.42 Å². The van der Waals surface area contributed by atoms with Gasteiger partial charge in [0.1, 0.15) is 0 Å². The number of rotatable bonds is 1. The minimum Gasteiger partial charge on any atom is -0.473 e. The minimum absolute atomic E-state index is 0.948. The van der Waals surface area contributed by atoms with Crippen molar-refractivity contribution in [3.05, 3.63) is 18.4 Å². The van der Waals surface area contributed by atoms with Gasteiger partial charge in [0, 0.05) is 0 Å². The predicted molar refractivity (Wildman–Crippen MR) is 41.7 cm³/mol. The zero-order valence-corrected chi connectivity index (χ0v) is 7.27. The molecule has 1 nitrogen and oxygen atoms in total. The quantitative estimate of drug-likeness (QED) is 0.452. The SMILES string of the molecule is C[Si](C)(Cl)c1ccco1. The lowest BCUT2D eigenvalue weighted by Crippen LogP contribution is -2.33. The van der Waals surface area contributed by atoms with E-state index in [0.717, 1.165) is 5.38 Å². The van der Waals surface area contributed by atoms with E-state index in [1.807, 2.05) is 25.2 Å². The second kappa shape index (κ2) is 2.19.